The van der Waals surface area contributed by atoms with Gasteiger partial charge in [-0.15, -0.1) is 0 Å². The summed E-state index contributed by atoms with van der Waals surface area (Å²) in [5.41, 5.74) is 0. The Hall–Kier alpha value is -0.0200. The van der Waals surface area contributed by atoms with Gasteiger partial charge in [-0.3, -0.25) is 4.99 Å². The highest BCUT2D eigenvalue weighted by atomic mass is 35.5. The largest absolute Gasteiger partial charge is 0.257 e. The Morgan fingerprint density at radius 1 is 1.70 bits per heavy atom. The Morgan fingerprint density at radius 3 is 2.90 bits per heavy atom. The van der Waals surface area contributed by atoms with Crippen molar-refractivity contribution in [2.75, 3.05) is 6.26 Å². The second kappa shape index (κ2) is 3.39. The summed E-state index contributed by atoms with van der Waals surface area (Å²) in [5, 5.41) is 1.47. The van der Waals surface area contributed by atoms with Crippen LogP contribution in [0.4, 0.5) is 0 Å². The Labute approximate surface area is 69.8 Å². The third-order valence-electron chi connectivity index (χ3n) is 1.19. The molecule has 0 fully saturated rings. The van der Waals surface area contributed by atoms with Gasteiger partial charge in [-0.1, -0.05) is 23.4 Å². The van der Waals surface area contributed by atoms with Gasteiger partial charge in [0.25, 0.3) is 0 Å². The van der Waals surface area contributed by atoms with Gasteiger partial charge in [0.15, 0.2) is 5.17 Å². The molecule has 1 aliphatic rings. The smallest absolute Gasteiger partial charge is 0.184 e. The van der Waals surface area contributed by atoms with Crippen LogP contribution in [0, 0.1) is 0 Å². The summed E-state index contributed by atoms with van der Waals surface area (Å²) < 4.78 is 0. The predicted molar refractivity (Wildman–Crippen MR) is 48.3 cm³/mol. The van der Waals surface area contributed by atoms with Gasteiger partial charge in [0, 0.05) is 6.42 Å². The predicted octanol–water partition coefficient (Wildman–Crippen LogP) is 2.13. The number of hydrogen-bond acceptors (Lipinski definition) is 3. The van der Waals surface area contributed by atoms with E-state index in [9.17, 15) is 0 Å². The van der Waals surface area contributed by atoms with E-state index < -0.39 is 0 Å². The van der Waals surface area contributed by atoms with Crippen LogP contribution in [-0.4, -0.2) is 22.6 Å². The Balaban J connectivity index is 2.72. The normalized spacial score (nSPS) is 25.7. The van der Waals surface area contributed by atoms with Crippen LogP contribution in [0.25, 0.3) is 0 Å². The number of rotatable bonds is 0. The molecule has 1 unspecified atom stereocenters. The highest BCUT2D eigenvalue weighted by Crippen LogP contribution is 2.14. The summed E-state index contributed by atoms with van der Waals surface area (Å²) in [7, 11) is 0. The fourth-order valence-corrected chi connectivity index (χ4v) is 1.59. The molecule has 0 aliphatic carbocycles. The molecule has 0 saturated carbocycles. The molecule has 4 heteroatoms. The minimum atomic E-state index is 0.299. The summed E-state index contributed by atoms with van der Waals surface area (Å²) in [6.45, 7) is 2.04. The summed E-state index contributed by atoms with van der Waals surface area (Å²) in [4.78, 5) is 8.30. The Bertz CT molecular complexity index is 188. The summed E-state index contributed by atoms with van der Waals surface area (Å²) in [5.74, 6) is 0. The van der Waals surface area contributed by atoms with Gasteiger partial charge in [0.2, 0.25) is 0 Å². The zero-order valence-electron chi connectivity index (χ0n) is 5.97. The van der Waals surface area contributed by atoms with E-state index in [1.54, 1.807) is 0 Å². The molecule has 10 heavy (non-hydrogen) atoms. The number of nitrogens with zero attached hydrogens (tertiary/aromatic N) is 2. The Morgan fingerprint density at radius 2 is 2.40 bits per heavy atom. The SMILES string of the molecule is CSC1=NC(C)CC(Cl)=N1. The van der Waals surface area contributed by atoms with Crippen molar-refractivity contribution in [2.45, 2.75) is 19.4 Å². The molecule has 1 rings (SSSR count). The molecular weight excluding hydrogens is 168 g/mol. The fraction of sp³-hybridized carbons (Fsp3) is 0.667. The standard InChI is InChI=1S/C6H9ClN2S/c1-4-3-5(7)9-6(8-4)10-2/h4H,3H2,1-2H3. The molecule has 0 aromatic rings. The number of hydrogen-bond donors (Lipinski definition) is 0. The van der Waals surface area contributed by atoms with E-state index in [1.807, 2.05) is 13.2 Å². The first-order chi connectivity index (χ1) is 4.72. The van der Waals surface area contributed by atoms with Crippen LogP contribution < -0.4 is 0 Å². The molecule has 0 radical (unpaired) electrons. The van der Waals surface area contributed by atoms with Gasteiger partial charge < -0.3 is 0 Å². The Kier molecular flexibility index (Phi) is 2.74. The molecule has 1 heterocycles. The zero-order chi connectivity index (χ0) is 7.56. The first-order valence-electron chi connectivity index (χ1n) is 3.07. The number of thioether (sulfide) groups is 1. The lowest BCUT2D eigenvalue weighted by Gasteiger charge is -2.11. The molecule has 0 bridgehead atoms. The second-order valence-corrected chi connectivity index (χ2v) is 3.37. The second-order valence-electron chi connectivity index (χ2n) is 2.16. The van der Waals surface area contributed by atoms with Crippen molar-refractivity contribution in [2.24, 2.45) is 9.98 Å². The lowest BCUT2D eigenvalue weighted by atomic mass is 10.2. The maximum absolute atomic E-state index is 5.74. The molecule has 0 amide bonds. The molecule has 0 N–H and O–H groups in total. The highest BCUT2D eigenvalue weighted by Gasteiger charge is 2.11. The van der Waals surface area contributed by atoms with E-state index in [0.29, 0.717) is 11.2 Å². The van der Waals surface area contributed by atoms with Crippen LogP contribution in [0.2, 0.25) is 0 Å². The maximum Gasteiger partial charge on any atom is 0.184 e. The van der Waals surface area contributed by atoms with Crippen molar-refractivity contribution in [3.05, 3.63) is 0 Å². The fourth-order valence-electron chi connectivity index (χ4n) is 0.755. The first kappa shape index (κ1) is 8.08. The van der Waals surface area contributed by atoms with Crippen molar-refractivity contribution in [1.82, 2.24) is 0 Å². The van der Waals surface area contributed by atoms with Crippen molar-refractivity contribution in [1.29, 1.82) is 0 Å². The number of amidine groups is 1. The van der Waals surface area contributed by atoms with Crippen LogP contribution in [0.1, 0.15) is 13.3 Å². The summed E-state index contributed by atoms with van der Waals surface area (Å²) >= 11 is 7.27. The summed E-state index contributed by atoms with van der Waals surface area (Å²) in [6, 6.07) is 0.299. The van der Waals surface area contributed by atoms with Crippen LogP contribution >= 0.6 is 23.4 Å². The van der Waals surface area contributed by atoms with Gasteiger partial charge in [-0.25, -0.2) is 4.99 Å². The third kappa shape index (κ3) is 1.99. The topological polar surface area (TPSA) is 24.7 Å². The minimum absolute atomic E-state index is 0.299. The van der Waals surface area contributed by atoms with Crippen molar-refractivity contribution in [3.8, 4) is 0 Å². The van der Waals surface area contributed by atoms with E-state index >= 15 is 0 Å². The molecule has 0 aromatic heterocycles. The first-order valence-corrected chi connectivity index (χ1v) is 4.67. The van der Waals surface area contributed by atoms with Crippen LogP contribution in [-0.2, 0) is 0 Å². The van der Waals surface area contributed by atoms with Crippen molar-refractivity contribution < 1.29 is 0 Å². The third-order valence-corrected chi connectivity index (χ3v) is 1.99. The van der Waals surface area contributed by atoms with E-state index in [2.05, 4.69) is 9.98 Å². The quantitative estimate of drug-likeness (QED) is 0.555. The number of halogens is 1. The molecular formula is C6H9ClN2S. The zero-order valence-corrected chi connectivity index (χ0v) is 7.54. The molecule has 1 atom stereocenters. The molecule has 1 aliphatic heterocycles. The molecule has 0 spiro atoms. The average Bonchev–Trinajstić information content (AvgIpc) is 1.85. The maximum atomic E-state index is 5.74. The van der Waals surface area contributed by atoms with Crippen LogP contribution in [0.15, 0.2) is 9.98 Å². The lowest BCUT2D eigenvalue weighted by molar-refractivity contribution is 0.778. The van der Waals surface area contributed by atoms with Gasteiger partial charge in [-0.2, -0.15) is 0 Å². The van der Waals surface area contributed by atoms with Gasteiger partial charge in [-0.05, 0) is 13.2 Å². The van der Waals surface area contributed by atoms with Crippen molar-refractivity contribution in [3.63, 3.8) is 0 Å². The number of aliphatic imine (C=N–C) groups is 2. The van der Waals surface area contributed by atoms with Gasteiger partial charge in [0.05, 0.1) is 6.04 Å². The molecule has 2 nitrogen and oxygen atoms in total. The van der Waals surface area contributed by atoms with Gasteiger partial charge >= 0.3 is 0 Å². The molecule has 56 valence electrons. The summed E-state index contributed by atoms with van der Waals surface area (Å²) in [6.07, 6.45) is 2.73. The lowest BCUT2D eigenvalue weighted by Crippen LogP contribution is -2.12. The molecule has 0 aromatic carbocycles. The highest BCUT2D eigenvalue weighted by molar-refractivity contribution is 8.13. The van der Waals surface area contributed by atoms with E-state index in [1.165, 1.54) is 11.8 Å². The van der Waals surface area contributed by atoms with E-state index in [0.717, 1.165) is 11.6 Å². The van der Waals surface area contributed by atoms with Crippen LogP contribution in [0.5, 0.6) is 0 Å². The van der Waals surface area contributed by atoms with E-state index in [-0.39, 0.29) is 0 Å². The van der Waals surface area contributed by atoms with E-state index in [4.69, 9.17) is 11.6 Å². The molecule has 0 saturated heterocycles. The monoisotopic (exact) mass is 176 g/mol. The van der Waals surface area contributed by atoms with Crippen molar-refractivity contribution >= 4 is 33.7 Å². The van der Waals surface area contributed by atoms with Gasteiger partial charge in [0.1, 0.15) is 5.17 Å². The minimum Gasteiger partial charge on any atom is -0.257 e. The average molecular weight is 177 g/mol. The van der Waals surface area contributed by atoms with Crippen LogP contribution in [0.3, 0.4) is 0 Å².